The summed E-state index contributed by atoms with van der Waals surface area (Å²) < 4.78 is 5.52. The Balaban J connectivity index is 1.68. The molecule has 0 aromatic heterocycles. The lowest BCUT2D eigenvalue weighted by molar-refractivity contribution is 0.0516. The molecule has 0 spiro atoms. The van der Waals surface area contributed by atoms with E-state index in [9.17, 15) is 0 Å². The normalized spacial score (nSPS) is 48.6. The zero-order valence-corrected chi connectivity index (χ0v) is 7.91. The maximum absolute atomic E-state index is 5.52. The first-order valence-electron chi connectivity index (χ1n) is 5.43. The van der Waals surface area contributed by atoms with E-state index in [-0.39, 0.29) is 0 Å². The first-order valence-corrected chi connectivity index (χ1v) is 5.43. The molecule has 0 unspecified atom stereocenters. The molecule has 0 amide bonds. The molecule has 1 N–H and O–H groups in total. The van der Waals surface area contributed by atoms with Crippen molar-refractivity contribution in [3.8, 4) is 0 Å². The lowest BCUT2D eigenvalue weighted by Gasteiger charge is -2.32. The number of fused-ring (bicyclic) bond motifs is 2. The predicted octanol–water partition coefficient (Wildman–Crippen LogP) is 1.19. The molecule has 1 aliphatic heterocycles. The standard InChI is InChI=1S/C11H17NO/c1-2-9-5-8(1)6-10(9)11-7-13-4-3-12-11/h1-2,8-12H,3-7H2/t8-,9-,10-,11+/m0/s1. The van der Waals surface area contributed by atoms with Crippen LogP contribution in [0.3, 0.4) is 0 Å². The van der Waals surface area contributed by atoms with Crippen LogP contribution in [0.4, 0.5) is 0 Å². The molecule has 3 aliphatic rings. The highest BCUT2D eigenvalue weighted by Gasteiger charge is 2.40. The van der Waals surface area contributed by atoms with Crippen LogP contribution in [0.5, 0.6) is 0 Å². The van der Waals surface area contributed by atoms with E-state index in [1.54, 1.807) is 0 Å². The summed E-state index contributed by atoms with van der Waals surface area (Å²) in [6, 6.07) is 0.633. The van der Waals surface area contributed by atoms with Gasteiger partial charge in [0.15, 0.2) is 0 Å². The Labute approximate surface area is 79.3 Å². The molecule has 1 saturated carbocycles. The summed E-state index contributed by atoms with van der Waals surface area (Å²) in [5, 5.41) is 3.59. The third-order valence-electron chi connectivity index (χ3n) is 3.80. The van der Waals surface area contributed by atoms with Crippen molar-refractivity contribution in [2.75, 3.05) is 19.8 Å². The van der Waals surface area contributed by atoms with Crippen LogP contribution in [0, 0.1) is 17.8 Å². The van der Waals surface area contributed by atoms with E-state index in [2.05, 4.69) is 17.5 Å². The van der Waals surface area contributed by atoms with Crippen LogP contribution in [0.2, 0.25) is 0 Å². The third-order valence-corrected chi connectivity index (χ3v) is 3.80. The molecule has 72 valence electrons. The molecule has 2 bridgehead atoms. The topological polar surface area (TPSA) is 21.3 Å². The van der Waals surface area contributed by atoms with E-state index in [0.29, 0.717) is 6.04 Å². The first-order chi connectivity index (χ1) is 6.43. The SMILES string of the molecule is C1=C[C@H]2C[C@H]1C[C@@H]2[C@H]1COCCN1. The summed E-state index contributed by atoms with van der Waals surface area (Å²) in [6.45, 7) is 2.87. The summed E-state index contributed by atoms with van der Waals surface area (Å²) in [4.78, 5) is 0. The molecule has 0 aromatic rings. The quantitative estimate of drug-likeness (QED) is 0.610. The summed E-state index contributed by atoms with van der Waals surface area (Å²) in [6.07, 6.45) is 7.63. The maximum atomic E-state index is 5.52. The molecule has 2 nitrogen and oxygen atoms in total. The Morgan fingerprint density at radius 3 is 2.85 bits per heavy atom. The number of nitrogens with one attached hydrogen (secondary N) is 1. The second kappa shape index (κ2) is 3.10. The minimum absolute atomic E-state index is 0.633. The van der Waals surface area contributed by atoms with Gasteiger partial charge in [-0.15, -0.1) is 0 Å². The Bertz CT molecular complexity index is 220. The number of hydrogen-bond donors (Lipinski definition) is 1. The van der Waals surface area contributed by atoms with Gasteiger partial charge in [0.25, 0.3) is 0 Å². The van der Waals surface area contributed by atoms with Crippen molar-refractivity contribution in [3.05, 3.63) is 12.2 Å². The van der Waals surface area contributed by atoms with Gasteiger partial charge in [-0.1, -0.05) is 12.2 Å². The number of rotatable bonds is 1. The second-order valence-electron chi connectivity index (χ2n) is 4.58. The van der Waals surface area contributed by atoms with Gasteiger partial charge in [-0.3, -0.25) is 0 Å². The van der Waals surface area contributed by atoms with Gasteiger partial charge in [-0.2, -0.15) is 0 Å². The average molecular weight is 179 g/mol. The van der Waals surface area contributed by atoms with Crippen LogP contribution in [0.25, 0.3) is 0 Å². The zero-order chi connectivity index (χ0) is 8.67. The van der Waals surface area contributed by atoms with Crippen molar-refractivity contribution < 1.29 is 4.74 Å². The summed E-state index contributed by atoms with van der Waals surface area (Å²) >= 11 is 0. The van der Waals surface area contributed by atoms with Gasteiger partial charge < -0.3 is 10.1 Å². The number of morpholine rings is 1. The number of allylic oxidation sites excluding steroid dienone is 2. The zero-order valence-electron chi connectivity index (χ0n) is 7.91. The fourth-order valence-electron chi connectivity index (χ4n) is 3.15. The van der Waals surface area contributed by atoms with Gasteiger partial charge in [-0.05, 0) is 30.6 Å². The molecule has 13 heavy (non-hydrogen) atoms. The molecule has 1 saturated heterocycles. The van der Waals surface area contributed by atoms with Gasteiger partial charge in [-0.25, -0.2) is 0 Å². The monoisotopic (exact) mass is 179 g/mol. The predicted molar refractivity (Wildman–Crippen MR) is 51.5 cm³/mol. The summed E-state index contributed by atoms with van der Waals surface area (Å²) in [7, 11) is 0. The Morgan fingerprint density at radius 2 is 2.23 bits per heavy atom. The van der Waals surface area contributed by atoms with Gasteiger partial charge in [0.2, 0.25) is 0 Å². The number of hydrogen-bond acceptors (Lipinski definition) is 2. The fourth-order valence-corrected chi connectivity index (χ4v) is 3.15. The third kappa shape index (κ3) is 1.32. The highest BCUT2D eigenvalue weighted by atomic mass is 16.5. The molecule has 0 aromatic carbocycles. The van der Waals surface area contributed by atoms with Crippen LogP contribution in [-0.2, 0) is 4.74 Å². The molecule has 2 fully saturated rings. The van der Waals surface area contributed by atoms with Crippen molar-refractivity contribution in [3.63, 3.8) is 0 Å². The molecule has 2 heteroatoms. The van der Waals surface area contributed by atoms with Gasteiger partial charge >= 0.3 is 0 Å². The average Bonchev–Trinajstić information content (AvgIpc) is 2.80. The van der Waals surface area contributed by atoms with E-state index < -0.39 is 0 Å². The van der Waals surface area contributed by atoms with Crippen molar-refractivity contribution in [2.24, 2.45) is 17.8 Å². The Morgan fingerprint density at radius 1 is 1.23 bits per heavy atom. The Hall–Kier alpha value is -0.340. The van der Waals surface area contributed by atoms with Crippen LogP contribution < -0.4 is 5.32 Å². The van der Waals surface area contributed by atoms with Crippen molar-refractivity contribution >= 4 is 0 Å². The van der Waals surface area contributed by atoms with Crippen LogP contribution in [0.1, 0.15) is 12.8 Å². The van der Waals surface area contributed by atoms with E-state index >= 15 is 0 Å². The summed E-state index contributed by atoms with van der Waals surface area (Å²) in [5.41, 5.74) is 0. The largest absolute Gasteiger partial charge is 0.379 e. The lowest BCUT2D eigenvalue weighted by atomic mass is 9.87. The van der Waals surface area contributed by atoms with Gasteiger partial charge in [0, 0.05) is 12.6 Å². The molecule has 0 radical (unpaired) electrons. The maximum Gasteiger partial charge on any atom is 0.0623 e. The van der Waals surface area contributed by atoms with Crippen molar-refractivity contribution in [1.82, 2.24) is 5.32 Å². The fraction of sp³-hybridized carbons (Fsp3) is 0.818. The van der Waals surface area contributed by atoms with Crippen LogP contribution in [-0.4, -0.2) is 25.8 Å². The number of ether oxygens (including phenoxy) is 1. The molecule has 2 aliphatic carbocycles. The van der Waals surface area contributed by atoms with E-state index in [1.165, 1.54) is 12.8 Å². The van der Waals surface area contributed by atoms with Crippen LogP contribution >= 0.6 is 0 Å². The van der Waals surface area contributed by atoms with E-state index in [4.69, 9.17) is 4.74 Å². The highest BCUT2D eigenvalue weighted by molar-refractivity contribution is 5.12. The van der Waals surface area contributed by atoms with E-state index in [0.717, 1.165) is 37.5 Å². The highest BCUT2D eigenvalue weighted by Crippen LogP contribution is 2.45. The second-order valence-corrected chi connectivity index (χ2v) is 4.58. The smallest absolute Gasteiger partial charge is 0.0623 e. The molecule has 4 atom stereocenters. The van der Waals surface area contributed by atoms with Gasteiger partial charge in [0.1, 0.15) is 0 Å². The first kappa shape index (κ1) is 8.01. The molecular weight excluding hydrogens is 162 g/mol. The van der Waals surface area contributed by atoms with Crippen molar-refractivity contribution in [2.45, 2.75) is 18.9 Å². The molecule has 1 heterocycles. The van der Waals surface area contributed by atoms with Crippen LogP contribution in [0.15, 0.2) is 12.2 Å². The molecule has 3 rings (SSSR count). The minimum Gasteiger partial charge on any atom is -0.379 e. The summed E-state index contributed by atoms with van der Waals surface area (Å²) in [5.74, 6) is 2.60. The molecular formula is C11H17NO. The minimum atomic E-state index is 0.633. The lowest BCUT2D eigenvalue weighted by Crippen LogP contribution is -2.47. The van der Waals surface area contributed by atoms with Gasteiger partial charge in [0.05, 0.1) is 13.2 Å². The van der Waals surface area contributed by atoms with Crippen molar-refractivity contribution in [1.29, 1.82) is 0 Å². The Kier molecular flexibility index (Phi) is 1.91. The van der Waals surface area contributed by atoms with E-state index in [1.807, 2.05) is 0 Å².